The average Bonchev–Trinajstić information content (AvgIpc) is 2.93. The zero-order valence-corrected chi connectivity index (χ0v) is 13.9. The van der Waals surface area contributed by atoms with Crippen molar-refractivity contribution in [1.82, 2.24) is 14.5 Å². The molecule has 0 aliphatic rings. The van der Waals surface area contributed by atoms with Crippen LogP contribution in [-0.4, -0.2) is 26.4 Å². The zero-order valence-electron chi connectivity index (χ0n) is 13.9. The molecule has 0 radical (unpaired) electrons. The van der Waals surface area contributed by atoms with Crippen molar-refractivity contribution >= 4 is 5.91 Å². The van der Waals surface area contributed by atoms with Crippen molar-refractivity contribution in [3.63, 3.8) is 0 Å². The van der Waals surface area contributed by atoms with Gasteiger partial charge in [-0.25, -0.2) is 4.98 Å². The number of amides is 1. The highest BCUT2D eigenvalue weighted by Crippen LogP contribution is 2.13. The number of hydrogen-bond donors (Lipinski definition) is 0. The average molecular weight is 299 g/mol. The molecular formula is C18H25N3O. The molecule has 0 saturated carbocycles. The minimum absolute atomic E-state index is 0.167. The van der Waals surface area contributed by atoms with Gasteiger partial charge >= 0.3 is 0 Å². The summed E-state index contributed by atoms with van der Waals surface area (Å²) < 4.78 is 2.13. The van der Waals surface area contributed by atoms with Gasteiger partial charge in [-0.3, -0.25) is 4.79 Å². The van der Waals surface area contributed by atoms with Crippen LogP contribution in [0.25, 0.3) is 0 Å². The summed E-state index contributed by atoms with van der Waals surface area (Å²) in [6.45, 7) is 9.45. The van der Waals surface area contributed by atoms with Crippen molar-refractivity contribution in [3.8, 4) is 0 Å². The minimum atomic E-state index is 0.167. The fourth-order valence-electron chi connectivity index (χ4n) is 2.52. The van der Waals surface area contributed by atoms with Crippen LogP contribution in [0.2, 0.25) is 0 Å². The number of hydrogen-bond acceptors (Lipinski definition) is 2. The highest BCUT2D eigenvalue weighted by Gasteiger charge is 2.18. The molecule has 4 heteroatoms. The molecule has 0 fully saturated rings. The summed E-state index contributed by atoms with van der Waals surface area (Å²) in [5.74, 6) is 1.10. The number of imidazole rings is 1. The maximum atomic E-state index is 12.1. The Bertz CT molecular complexity index is 631. The molecule has 22 heavy (non-hydrogen) atoms. The van der Waals surface area contributed by atoms with E-state index in [1.165, 1.54) is 11.1 Å². The van der Waals surface area contributed by atoms with Crippen LogP contribution in [-0.2, 0) is 17.9 Å². The van der Waals surface area contributed by atoms with Gasteiger partial charge in [0.25, 0.3) is 0 Å². The standard InChI is InChI=1S/C18H25N3O/c1-5-18(22)21(14(2)3)13-17-19-10-11-20(17)12-16-9-7-6-8-15(16)4/h6-11,14H,5,12-13H2,1-4H3. The molecule has 0 bridgehead atoms. The lowest BCUT2D eigenvalue weighted by Crippen LogP contribution is -2.36. The van der Waals surface area contributed by atoms with E-state index < -0.39 is 0 Å². The normalized spacial score (nSPS) is 11.0. The molecule has 0 N–H and O–H groups in total. The SMILES string of the molecule is CCC(=O)N(Cc1nccn1Cc1ccccc1C)C(C)C. The van der Waals surface area contributed by atoms with Crippen LogP contribution >= 0.6 is 0 Å². The fraction of sp³-hybridized carbons (Fsp3) is 0.444. The second-order valence-electron chi connectivity index (χ2n) is 5.87. The summed E-state index contributed by atoms with van der Waals surface area (Å²) in [5.41, 5.74) is 2.55. The van der Waals surface area contributed by atoms with E-state index in [2.05, 4.69) is 34.7 Å². The maximum absolute atomic E-state index is 12.1. The second kappa shape index (κ2) is 7.25. The minimum Gasteiger partial charge on any atom is -0.333 e. The number of nitrogens with zero attached hydrogens (tertiary/aromatic N) is 3. The van der Waals surface area contributed by atoms with Gasteiger partial charge in [0.2, 0.25) is 5.91 Å². The molecule has 0 aliphatic heterocycles. The summed E-state index contributed by atoms with van der Waals surface area (Å²) in [6, 6.07) is 8.54. The number of benzene rings is 1. The Balaban J connectivity index is 2.19. The molecule has 2 rings (SSSR count). The zero-order chi connectivity index (χ0) is 16.1. The van der Waals surface area contributed by atoms with E-state index in [0.717, 1.165) is 12.4 Å². The van der Waals surface area contributed by atoms with E-state index in [4.69, 9.17) is 0 Å². The van der Waals surface area contributed by atoms with Gasteiger partial charge in [0.1, 0.15) is 5.82 Å². The van der Waals surface area contributed by atoms with Gasteiger partial charge < -0.3 is 9.47 Å². The molecule has 1 amide bonds. The predicted octanol–water partition coefficient (Wildman–Crippen LogP) is 3.39. The Morgan fingerprint density at radius 1 is 1.32 bits per heavy atom. The van der Waals surface area contributed by atoms with Gasteiger partial charge in [0.05, 0.1) is 6.54 Å². The third-order valence-corrected chi connectivity index (χ3v) is 3.96. The lowest BCUT2D eigenvalue weighted by Gasteiger charge is -2.26. The van der Waals surface area contributed by atoms with Crippen LogP contribution in [0.1, 0.15) is 44.1 Å². The van der Waals surface area contributed by atoms with Gasteiger partial charge in [-0.1, -0.05) is 31.2 Å². The van der Waals surface area contributed by atoms with E-state index in [9.17, 15) is 4.79 Å². The van der Waals surface area contributed by atoms with Gasteiger partial charge in [-0.15, -0.1) is 0 Å². The highest BCUT2D eigenvalue weighted by atomic mass is 16.2. The predicted molar refractivity (Wildman–Crippen MR) is 88.5 cm³/mol. The number of rotatable bonds is 6. The molecule has 0 aliphatic carbocycles. The van der Waals surface area contributed by atoms with Gasteiger partial charge in [0, 0.05) is 31.4 Å². The molecular weight excluding hydrogens is 274 g/mol. The molecule has 1 aromatic carbocycles. The van der Waals surface area contributed by atoms with Gasteiger partial charge in [-0.05, 0) is 31.9 Å². The lowest BCUT2D eigenvalue weighted by atomic mass is 10.1. The summed E-state index contributed by atoms with van der Waals surface area (Å²) >= 11 is 0. The first-order chi connectivity index (χ1) is 10.5. The summed E-state index contributed by atoms with van der Waals surface area (Å²) in [4.78, 5) is 18.4. The fourth-order valence-corrected chi connectivity index (χ4v) is 2.52. The molecule has 0 spiro atoms. The highest BCUT2D eigenvalue weighted by molar-refractivity contribution is 5.76. The number of aromatic nitrogens is 2. The van der Waals surface area contributed by atoms with Gasteiger partial charge in [0.15, 0.2) is 0 Å². The molecule has 0 unspecified atom stereocenters. The van der Waals surface area contributed by atoms with Crippen molar-refractivity contribution in [3.05, 3.63) is 53.6 Å². The molecule has 1 aromatic heterocycles. The molecule has 0 atom stereocenters. The Morgan fingerprint density at radius 2 is 2.05 bits per heavy atom. The van der Waals surface area contributed by atoms with Crippen LogP contribution in [0.4, 0.5) is 0 Å². The monoisotopic (exact) mass is 299 g/mol. The molecule has 2 aromatic rings. The van der Waals surface area contributed by atoms with Crippen LogP contribution in [0.15, 0.2) is 36.7 Å². The first-order valence-electron chi connectivity index (χ1n) is 7.87. The Morgan fingerprint density at radius 3 is 2.68 bits per heavy atom. The van der Waals surface area contributed by atoms with E-state index in [0.29, 0.717) is 13.0 Å². The number of aryl methyl sites for hydroxylation is 1. The van der Waals surface area contributed by atoms with Crippen molar-refractivity contribution in [2.45, 2.75) is 53.2 Å². The van der Waals surface area contributed by atoms with Gasteiger partial charge in [-0.2, -0.15) is 0 Å². The maximum Gasteiger partial charge on any atom is 0.222 e. The molecule has 0 saturated heterocycles. The van der Waals surface area contributed by atoms with Crippen LogP contribution in [0.3, 0.4) is 0 Å². The summed E-state index contributed by atoms with van der Waals surface area (Å²) in [5, 5.41) is 0. The first kappa shape index (κ1) is 16.3. The Labute approximate surface area is 132 Å². The lowest BCUT2D eigenvalue weighted by molar-refractivity contribution is -0.133. The second-order valence-corrected chi connectivity index (χ2v) is 5.87. The molecule has 4 nitrogen and oxygen atoms in total. The Hall–Kier alpha value is -2.10. The third kappa shape index (κ3) is 3.75. The van der Waals surface area contributed by atoms with Crippen LogP contribution in [0.5, 0.6) is 0 Å². The van der Waals surface area contributed by atoms with Crippen LogP contribution < -0.4 is 0 Å². The van der Waals surface area contributed by atoms with E-state index in [1.54, 1.807) is 0 Å². The summed E-state index contributed by atoms with van der Waals surface area (Å²) in [6.07, 6.45) is 4.32. The van der Waals surface area contributed by atoms with E-state index >= 15 is 0 Å². The quantitative estimate of drug-likeness (QED) is 0.820. The van der Waals surface area contributed by atoms with Crippen molar-refractivity contribution in [2.75, 3.05) is 0 Å². The van der Waals surface area contributed by atoms with Crippen LogP contribution in [0, 0.1) is 6.92 Å². The van der Waals surface area contributed by atoms with E-state index in [1.807, 2.05) is 44.1 Å². The van der Waals surface area contributed by atoms with Crippen molar-refractivity contribution in [1.29, 1.82) is 0 Å². The Kier molecular flexibility index (Phi) is 5.36. The van der Waals surface area contributed by atoms with Crippen molar-refractivity contribution < 1.29 is 4.79 Å². The van der Waals surface area contributed by atoms with Crippen molar-refractivity contribution in [2.24, 2.45) is 0 Å². The molecule has 118 valence electrons. The third-order valence-electron chi connectivity index (χ3n) is 3.96. The summed E-state index contributed by atoms with van der Waals surface area (Å²) in [7, 11) is 0. The topological polar surface area (TPSA) is 38.1 Å². The number of carbonyl (C=O) groups is 1. The van der Waals surface area contributed by atoms with E-state index in [-0.39, 0.29) is 11.9 Å². The largest absolute Gasteiger partial charge is 0.333 e. The smallest absolute Gasteiger partial charge is 0.222 e. The molecule has 1 heterocycles. The first-order valence-corrected chi connectivity index (χ1v) is 7.87. The number of carbonyl (C=O) groups excluding carboxylic acids is 1.